The number of nitrogens with one attached hydrogen (secondary N) is 2. The zero-order chi connectivity index (χ0) is 21.8. The monoisotopic (exact) mass is 446 g/mol. The first-order valence-electron chi connectivity index (χ1n) is 10.5. The molecular weight excluding hydrogens is 420 g/mol. The minimum atomic E-state index is -0.502. The molecule has 0 saturated carbocycles. The first kappa shape index (κ1) is 21.4. The van der Waals surface area contributed by atoms with E-state index < -0.39 is 6.04 Å². The molecule has 2 aromatic heterocycles. The fourth-order valence-electron chi connectivity index (χ4n) is 4.00. The van der Waals surface area contributed by atoms with Gasteiger partial charge >= 0.3 is 0 Å². The van der Waals surface area contributed by atoms with E-state index in [1.165, 1.54) is 11.3 Å². The molecule has 2 N–H and O–H groups in total. The summed E-state index contributed by atoms with van der Waals surface area (Å²) in [4.78, 5) is 53.1. The second kappa shape index (κ2) is 9.56. The summed E-state index contributed by atoms with van der Waals surface area (Å²) in [7, 11) is 0. The van der Waals surface area contributed by atoms with E-state index in [4.69, 9.17) is 4.74 Å². The molecule has 4 heterocycles. The molecule has 2 aliphatic heterocycles. The molecule has 0 aliphatic carbocycles. The van der Waals surface area contributed by atoms with Crippen molar-refractivity contribution in [3.05, 3.63) is 33.2 Å². The number of carbonyl (C=O) groups excluding carboxylic acids is 2. The van der Waals surface area contributed by atoms with Gasteiger partial charge < -0.3 is 19.9 Å². The SMILES string of the molecule is Cc1nc(N2CCOCC2)[nH]c(=O)c1CCC(=O)N1CCC[C@@H]1C(=O)Nc1nccs1. The lowest BCUT2D eigenvalue weighted by molar-refractivity contribution is -0.136. The zero-order valence-electron chi connectivity index (χ0n) is 17.4. The number of aromatic amines is 1. The van der Waals surface area contributed by atoms with E-state index >= 15 is 0 Å². The van der Waals surface area contributed by atoms with Crippen molar-refractivity contribution in [1.29, 1.82) is 0 Å². The number of rotatable bonds is 6. The summed E-state index contributed by atoms with van der Waals surface area (Å²) in [6.07, 6.45) is 3.46. The van der Waals surface area contributed by atoms with Crippen LogP contribution in [0.2, 0.25) is 0 Å². The van der Waals surface area contributed by atoms with E-state index in [0.717, 1.165) is 6.42 Å². The number of nitrogens with zero attached hydrogens (tertiary/aromatic N) is 4. The summed E-state index contributed by atoms with van der Waals surface area (Å²) >= 11 is 1.34. The fourth-order valence-corrected chi connectivity index (χ4v) is 4.53. The Bertz CT molecular complexity index is 986. The summed E-state index contributed by atoms with van der Waals surface area (Å²) < 4.78 is 5.34. The van der Waals surface area contributed by atoms with Gasteiger partial charge in [0.15, 0.2) is 5.13 Å². The number of aromatic nitrogens is 3. The molecule has 2 saturated heterocycles. The molecule has 2 aromatic rings. The van der Waals surface area contributed by atoms with Gasteiger partial charge in [-0.25, -0.2) is 9.97 Å². The van der Waals surface area contributed by atoms with Crippen LogP contribution in [-0.2, 0) is 20.7 Å². The number of amides is 2. The van der Waals surface area contributed by atoms with Gasteiger partial charge in [-0.05, 0) is 26.2 Å². The zero-order valence-corrected chi connectivity index (χ0v) is 18.2. The van der Waals surface area contributed by atoms with Gasteiger partial charge in [-0.2, -0.15) is 0 Å². The Hall–Kier alpha value is -2.79. The Morgan fingerprint density at radius 1 is 1.32 bits per heavy atom. The van der Waals surface area contributed by atoms with Crippen LogP contribution in [-0.4, -0.2) is 70.6 Å². The third kappa shape index (κ3) is 4.93. The average molecular weight is 447 g/mol. The summed E-state index contributed by atoms with van der Waals surface area (Å²) in [6, 6.07) is -0.502. The van der Waals surface area contributed by atoms with Crippen molar-refractivity contribution in [3.8, 4) is 0 Å². The lowest BCUT2D eigenvalue weighted by Crippen LogP contribution is -2.43. The van der Waals surface area contributed by atoms with E-state index in [1.807, 2.05) is 4.90 Å². The number of ether oxygens (including phenoxy) is 1. The largest absolute Gasteiger partial charge is 0.378 e. The molecule has 2 amide bonds. The van der Waals surface area contributed by atoms with Gasteiger partial charge in [-0.3, -0.25) is 19.4 Å². The number of anilines is 2. The summed E-state index contributed by atoms with van der Waals surface area (Å²) in [6.45, 7) is 4.90. The van der Waals surface area contributed by atoms with Gasteiger partial charge in [0.2, 0.25) is 17.8 Å². The predicted octanol–water partition coefficient (Wildman–Crippen LogP) is 0.934. The van der Waals surface area contributed by atoms with Gasteiger partial charge in [0.25, 0.3) is 5.56 Å². The molecule has 10 nitrogen and oxygen atoms in total. The number of morpholine rings is 1. The Balaban J connectivity index is 1.38. The first-order valence-corrected chi connectivity index (χ1v) is 11.3. The normalized spacial score (nSPS) is 18.9. The number of likely N-dealkylation sites (tertiary alicyclic amines) is 1. The second-order valence-corrected chi connectivity index (χ2v) is 8.52. The highest BCUT2D eigenvalue weighted by Crippen LogP contribution is 2.21. The van der Waals surface area contributed by atoms with Crippen molar-refractivity contribution in [3.63, 3.8) is 0 Å². The molecule has 166 valence electrons. The summed E-state index contributed by atoms with van der Waals surface area (Å²) in [5.74, 6) is 0.193. The maximum absolute atomic E-state index is 12.9. The lowest BCUT2D eigenvalue weighted by atomic mass is 10.1. The van der Waals surface area contributed by atoms with E-state index in [-0.39, 0.29) is 30.2 Å². The number of aryl methyl sites for hydroxylation is 1. The van der Waals surface area contributed by atoms with Crippen molar-refractivity contribution in [2.75, 3.05) is 43.1 Å². The van der Waals surface area contributed by atoms with Crippen LogP contribution in [0.4, 0.5) is 11.1 Å². The predicted molar refractivity (Wildman–Crippen MR) is 116 cm³/mol. The summed E-state index contributed by atoms with van der Waals surface area (Å²) in [5.41, 5.74) is 0.909. The van der Waals surface area contributed by atoms with Crippen LogP contribution in [0.5, 0.6) is 0 Å². The molecule has 0 unspecified atom stereocenters. The molecule has 11 heteroatoms. The Morgan fingerprint density at radius 3 is 2.84 bits per heavy atom. The molecule has 0 radical (unpaired) electrons. The van der Waals surface area contributed by atoms with Gasteiger partial charge in [0.05, 0.1) is 13.2 Å². The maximum Gasteiger partial charge on any atom is 0.255 e. The van der Waals surface area contributed by atoms with Crippen LogP contribution in [0.3, 0.4) is 0 Å². The average Bonchev–Trinajstić information content (AvgIpc) is 3.45. The van der Waals surface area contributed by atoms with Crippen LogP contribution in [0.1, 0.15) is 30.5 Å². The summed E-state index contributed by atoms with van der Waals surface area (Å²) in [5, 5.41) is 5.08. The molecule has 4 rings (SSSR count). The quantitative estimate of drug-likeness (QED) is 0.677. The standard InChI is InChI=1S/C20H26N6O4S/c1-13-14(17(28)23-19(22-13)25-8-10-30-11-9-25)4-5-16(27)26-7-2-3-15(26)18(29)24-20-21-6-12-31-20/h6,12,15H,2-5,7-11H2,1H3,(H,21,24,29)(H,22,23,28)/t15-/m1/s1. The van der Waals surface area contributed by atoms with E-state index in [0.29, 0.717) is 61.6 Å². The number of H-pyrrole nitrogens is 1. The van der Waals surface area contributed by atoms with Crippen molar-refractivity contribution in [2.24, 2.45) is 0 Å². The van der Waals surface area contributed by atoms with Crippen LogP contribution < -0.4 is 15.8 Å². The third-order valence-electron chi connectivity index (χ3n) is 5.65. The molecule has 31 heavy (non-hydrogen) atoms. The molecule has 0 aromatic carbocycles. The minimum absolute atomic E-state index is 0.132. The Labute approximate surface area is 183 Å². The molecule has 2 fully saturated rings. The highest BCUT2D eigenvalue weighted by molar-refractivity contribution is 7.13. The molecular formula is C20H26N6O4S. The maximum atomic E-state index is 12.9. The van der Waals surface area contributed by atoms with Gasteiger partial charge in [0, 0.05) is 48.9 Å². The van der Waals surface area contributed by atoms with Crippen molar-refractivity contribution < 1.29 is 14.3 Å². The Morgan fingerprint density at radius 2 is 2.13 bits per heavy atom. The highest BCUT2D eigenvalue weighted by atomic mass is 32.1. The van der Waals surface area contributed by atoms with Crippen LogP contribution >= 0.6 is 11.3 Å². The lowest BCUT2D eigenvalue weighted by Gasteiger charge is -2.27. The third-order valence-corrected chi connectivity index (χ3v) is 6.34. The van der Waals surface area contributed by atoms with Crippen molar-refractivity contribution in [2.45, 2.75) is 38.6 Å². The Kier molecular flexibility index (Phi) is 6.62. The van der Waals surface area contributed by atoms with E-state index in [9.17, 15) is 14.4 Å². The highest BCUT2D eigenvalue weighted by Gasteiger charge is 2.34. The van der Waals surface area contributed by atoms with E-state index in [1.54, 1.807) is 23.4 Å². The first-order chi connectivity index (χ1) is 15.0. The van der Waals surface area contributed by atoms with Gasteiger partial charge in [-0.15, -0.1) is 11.3 Å². The molecule has 0 spiro atoms. The molecule has 2 aliphatic rings. The number of carbonyl (C=O) groups is 2. The number of hydrogen-bond donors (Lipinski definition) is 2. The molecule has 1 atom stereocenters. The number of thiazole rings is 1. The fraction of sp³-hybridized carbons (Fsp3) is 0.550. The smallest absolute Gasteiger partial charge is 0.255 e. The van der Waals surface area contributed by atoms with Crippen LogP contribution in [0.15, 0.2) is 16.4 Å². The van der Waals surface area contributed by atoms with Gasteiger partial charge in [-0.1, -0.05) is 0 Å². The number of hydrogen-bond acceptors (Lipinski definition) is 8. The van der Waals surface area contributed by atoms with Crippen molar-refractivity contribution in [1.82, 2.24) is 19.9 Å². The minimum Gasteiger partial charge on any atom is -0.378 e. The van der Waals surface area contributed by atoms with E-state index in [2.05, 4.69) is 20.3 Å². The van der Waals surface area contributed by atoms with Crippen LogP contribution in [0, 0.1) is 6.92 Å². The van der Waals surface area contributed by atoms with Crippen LogP contribution in [0.25, 0.3) is 0 Å². The van der Waals surface area contributed by atoms with Gasteiger partial charge in [0.1, 0.15) is 6.04 Å². The van der Waals surface area contributed by atoms with Crippen molar-refractivity contribution >= 4 is 34.2 Å². The topological polar surface area (TPSA) is 121 Å². The molecule has 0 bridgehead atoms. The second-order valence-electron chi connectivity index (χ2n) is 7.62.